The quantitative estimate of drug-likeness (QED) is 0.0440. The molecule has 0 saturated heterocycles. The van der Waals surface area contributed by atoms with E-state index in [9.17, 15) is 9.46 Å². The average molecular weight is 526 g/mol. The van der Waals surface area contributed by atoms with E-state index >= 15 is 0 Å². The molecule has 0 aromatic carbocycles. The Hall–Kier alpha value is -0.0500. The van der Waals surface area contributed by atoms with Gasteiger partial charge in [0.2, 0.25) is 0 Å². The van der Waals surface area contributed by atoms with Crippen molar-refractivity contribution in [3.63, 3.8) is 0 Å². The molecule has 0 aliphatic rings. The Bertz CT molecular complexity index is 503. The van der Waals surface area contributed by atoms with E-state index in [0.29, 0.717) is 17.6 Å². The van der Waals surface area contributed by atoms with Crippen molar-refractivity contribution in [2.24, 2.45) is 0 Å². The van der Waals surface area contributed by atoms with E-state index in [1.807, 2.05) is 21.1 Å². The number of likely N-dealkylation sites (N-methyl/N-ethyl adjacent to an activating group) is 1. The maximum atomic E-state index is 11.8. The molecular formula is C26H56NO7P. The van der Waals surface area contributed by atoms with Crippen LogP contribution in [0.2, 0.25) is 0 Å². The van der Waals surface area contributed by atoms with Gasteiger partial charge in [-0.3, -0.25) is 9.82 Å². The molecule has 1 unspecified atom stereocenters. The summed E-state index contributed by atoms with van der Waals surface area (Å²) in [5.41, 5.74) is 0. The van der Waals surface area contributed by atoms with E-state index in [0.717, 1.165) is 12.8 Å². The number of hydrogen-bond donors (Lipinski definition) is 1. The Morgan fingerprint density at radius 1 is 0.714 bits per heavy atom. The van der Waals surface area contributed by atoms with Gasteiger partial charge in [-0.15, -0.1) is 0 Å². The second-order valence-electron chi connectivity index (χ2n) is 10.7. The molecule has 8 nitrogen and oxygen atoms in total. The van der Waals surface area contributed by atoms with Crippen LogP contribution in [0.3, 0.4) is 0 Å². The van der Waals surface area contributed by atoms with Crippen LogP contribution in [0.1, 0.15) is 110 Å². The van der Waals surface area contributed by atoms with Gasteiger partial charge in [-0.2, -0.15) is 0 Å². The SMILES string of the molecule is CCCCCCCCCCCCCCCCCCOC[C@H](COP(=O)([O-])OCC[N+](C)(C)C)OO. The molecule has 0 aromatic rings. The van der Waals surface area contributed by atoms with Gasteiger partial charge in [0.25, 0.3) is 7.82 Å². The average Bonchev–Trinajstić information content (AvgIpc) is 2.79. The number of quaternary nitrogens is 1. The minimum Gasteiger partial charge on any atom is -0.756 e. The lowest BCUT2D eigenvalue weighted by molar-refractivity contribution is -0.870. The maximum Gasteiger partial charge on any atom is 0.268 e. The van der Waals surface area contributed by atoms with Crippen LogP contribution in [0.5, 0.6) is 0 Å². The molecule has 0 fully saturated rings. The zero-order chi connectivity index (χ0) is 26.3. The molecule has 0 radical (unpaired) electrons. The Labute approximate surface area is 215 Å². The monoisotopic (exact) mass is 525 g/mol. The molecule has 0 spiro atoms. The summed E-state index contributed by atoms with van der Waals surface area (Å²) in [6.07, 6.45) is 20.2. The van der Waals surface area contributed by atoms with E-state index in [4.69, 9.17) is 19.0 Å². The number of rotatable bonds is 27. The molecule has 0 aromatic heterocycles. The van der Waals surface area contributed by atoms with Gasteiger partial charge >= 0.3 is 0 Å². The van der Waals surface area contributed by atoms with Gasteiger partial charge in [-0.05, 0) is 6.42 Å². The molecule has 212 valence electrons. The van der Waals surface area contributed by atoms with Crippen molar-refractivity contribution >= 4 is 7.82 Å². The topological polar surface area (TPSA) is 97.3 Å². The Morgan fingerprint density at radius 3 is 1.60 bits per heavy atom. The van der Waals surface area contributed by atoms with E-state index in [2.05, 4.69) is 11.8 Å². The smallest absolute Gasteiger partial charge is 0.268 e. The molecule has 0 saturated carbocycles. The summed E-state index contributed by atoms with van der Waals surface area (Å²) in [4.78, 5) is 16.0. The van der Waals surface area contributed by atoms with Crippen molar-refractivity contribution in [1.29, 1.82) is 0 Å². The van der Waals surface area contributed by atoms with Gasteiger partial charge in [0.15, 0.2) is 0 Å². The molecule has 0 aliphatic carbocycles. The third kappa shape index (κ3) is 26.8. The first kappa shape index (κ1) is 35.0. The Balaban J connectivity index is 3.49. The molecule has 9 heteroatoms. The van der Waals surface area contributed by atoms with Gasteiger partial charge in [-0.1, -0.05) is 103 Å². The van der Waals surface area contributed by atoms with Gasteiger partial charge in [0, 0.05) is 6.61 Å². The lowest BCUT2D eigenvalue weighted by atomic mass is 10.0. The fourth-order valence-electron chi connectivity index (χ4n) is 3.71. The van der Waals surface area contributed by atoms with Crippen molar-refractivity contribution in [2.45, 2.75) is 116 Å². The highest BCUT2D eigenvalue weighted by Gasteiger charge is 2.17. The van der Waals surface area contributed by atoms with E-state index in [1.54, 1.807) is 0 Å². The van der Waals surface area contributed by atoms with Gasteiger partial charge in [0.05, 0.1) is 34.4 Å². The third-order valence-corrected chi connectivity index (χ3v) is 6.99. The number of phosphoric acid groups is 1. The van der Waals surface area contributed by atoms with Crippen molar-refractivity contribution < 1.29 is 37.9 Å². The lowest BCUT2D eigenvalue weighted by Crippen LogP contribution is -2.37. The molecule has 2 atom stereocenters. The second-order valence-corrected chi connectivity index (χ2v) is 12.1. The van der Waals surface area contributed by atoms with Crippen LogP contribution in [0, 0.1) is 0 Å². The summed E-state index contributed by atoms with van der Waals surface area (Å²) in [5.74, 6) is 0. The summed E-state index contributed by atoms with van der Waals surface area (Å²) >= 11 is 0. The summed E-state index contributed by atoms with van der Waals surface area (Å²) in [5, 5.41) is 8.95. The minimum atomic E-state index is -4.43. The first-order valence-corrected chi connectivity index (χ1v) is 15.4. The molecular weight excluding hydrogens is 469 g/mol. The molecule has 0 rings (SSSR count). The number of nitrogens with zero attached hydrogens (tertiary/aromatic N) is 1. The summed E-state index contributed by atoms with van der Waals surface area (Å²) < 4.78 is 27.5. The molecule has 0 heterocycles. The van der Waals surface area contributed by atoms with Crippen LogP contribution in [0.15, 0.2) is 0 Å². The molecule has 0 aliphatic heterocycles. The van der Waals surface area contributed by atoms with Gasteiger partial charge in [0.1, 0.15) is 19.3 Å². The predicted octanol–water partition coefficient (Wildman–Crippen LogP) is 6.33. The fourth-order valence-corrected chi connectivity index (χ4v) is 4.44. The fraction of sp³-hybridized carbons (Fsp3) is 1.00. The van der Waals surface area contributed by atoms with Crippen LogP contribution in [-0.2, 0) is 23.2 Å². The first-order valence-electron chi connectivity index (χ1n) is 14.0. The van der Waals surface area contributed by atoms with Crippen LogP contribution < -0.4 is 4.89 Å². The largest absolute Gasteiger partial charge is 0.756 e. The highest BCUT2D eigenvalue weighted by Crippen LogP contribution is 2.38. The van der Waals surface area contributed by atoms with Crippen molar-refractivity contribution in [3.8, 4) is 0 Å². The number of unbranched alkanes of at least 4 members (excludes halogenated alkanes) is 15. The highest BCUT2D eigenvalue weighted by atomic mass is 31.2. The summed E-state index contributed by atoms with van der Waals surface area (Å²) in [7, 11) is 1.38. The highest BCUT2D eigenvalue weighted by molar-refractivity contribution is 7.45. The molecule has 0 amide bonds. The molecule has 0 bridgehead atoms. The normalized spacial score (nSPS) is 14.8. The third-order valence-electron chi connectivity index (χ3n) is 6.03. The van der Waals surface area contributed by atoms with Crippen molar-refractivity contribution in [1.82, 2.24) is 0 Å². The summed E-state index contributed by atoms with van der Waals surface area (Å²) in [6.45, 7) is 3.09. The second kappa shape index (κ2) is 23.1. The Kier molecular flexibility index (Phi) is 23.1. The predicted molar refractivity (Wildman–Crippen MR) is 140 cm³/mol. The standard InChI is InChI=1S/C26H56NO7P/c1-5-6-7-8-9-10-11-12-13-14-15-16-17-18-19-20-22-31-24-26(34-28)25-33-35(29,30)32-23-21-27(2,3)4/h26H,5-25H2,1-4H3,(H-,28,29,30)/t26-/m1/s1. The summed E-state index contributed by atoms with van der Waals surface area (Å²) in [6, 6.07) is 0. The van der Waals surface area contributed by atoms with Gasteiger partial charge < -0.3 is 23.2 Å². The van der Waals surface area contributed by atoms with Crippen LogP contribution in [0.25, 0.3) is 0 Å². The Morgan fingerprint density at radius 2 is 1.17 bits per heavy atom. The number of ether oxygens (including phenoxy) is 1. The van der Waals surface area contributed by atoms with Crippen LogP contribution >= 0.6 is 7.82 Å². The molecule has 35 heavy (non-hydrogen) atoms. The van der Waals surface area contributed by atoms with Crippen LogP contribution in [-0.4, -0.2) is 70.0 Å². The molecule has 1 N–H and O–H groups in total. The zero-order valence-electron chi connectivity index (χ0n) is 23.2. The minimum absolute atomic E-state index is 0.0324. The zero-order valence-corrected chi connectivity index (χ0v) is 24.1. The lowest BCUT2D eigenvalue weighted by Gasteiger charge is -2.27. The van der Waals surface area contributed by atoms with E-state index in [1.165, 1.54) is 89.9 Å². The number of phosphoric ester groups is 1. The van der Waals surface area contributed by atoms with Crippen molar-refractivity contribution in [3.05, 3.63) is 0 Å². The van der Waals surface area contributed by atoms with E-state index < -0.39 is 13.9 Å². The van der Waals surface area contributed by atoms with Crippen LogP contribution in [0.4, 0.5) is 0 Å². The van der Waals surface area contributed by atoms with E-state index in [-0.39, 0.29) is 19.8 Å². The van der Waals surface area contributed by atoms with Crippen molar-refractivity contribution in [2.75, 3.05) is 54.1 Å². The maximum absolute atomic E-state index is 11.8. The first-order chi connectivity index (χ1) is 16.7. The number of hydrogen-bond acceptors (Lipinski definition) is 7. The van der Waals surface area contributed by atoms with Gasteiger partial charge in [-0.25, -0.2) is 4.89 Å².